The fourth-order valence-electron chi connectivity index (χ4n) is 2.36. The van der Waals surface area contributed by atoms with Gasteiger partial charge in [0.2, 0.25) is 0 Å². The zero-order valence-corrected chi connectivity index (χ0v) is 14.8. The van der Waals surface area contributed by atoms with Gasteiger partial charge in [-0.05, 0) is 54.1 Å². The van der Waals surface area contributed by atoms with E-state index in [1.807, 2.05) is 0 Å². The van der Waals surface area contributed by atoms with E-state index in [1.54, 1.807) is 24.3 Å². The summed E-state index contributed by atoms with van der Waals surface area (Å²) >= 11 is 0. The lowest BCUT2D eigenvalue weighted by molar-refractivity contribution is -0.137. The van der Waals surface area contributed by atoms with Gasteiger partial charge in [-0.1, -0.05) is 12.1 Å². The normalized spacial score (nSPS) is 11.0. The van der Waals surface area contributed by atoms with Crippen molar-refractivity contribution in [3.63, 3.8) is 0 Å². The van der Waals surface area contributed by atoms with Crippen molar-refractivity contribution < 1.29 is 27.1 Å². The minimum absolute atomic E-state index is 0.124. The van der Waals surface area contributed by atoms with Crippen LogP contribution < -0.4 is 15.4 Å². The number of hydrogen-bond donors (Lipinski definition) is 2. The number of ether oxygens (including phenoxy) is 1. The molecule has 3 rings (SSSR count). The summed E-state index contributed by atoms with van der Waals surface area (Å²) in [6.45, 7) is 0.126. The lowest BCUT2D eigenvalue weighted by Gasteiger charge is -2.13. The molecule has 2 aromatic carbocycles. The van der Waals surface area contributed by atoms with Gasteiger partial charge in [-0.2, -0.15) is 13.2 Å². The van der Waals surface area contributed by atoms with E-state index in [0.717, 1.165) is 29.8 Å². The number of carbonyl (C=O) groups is 1. The van der Waals surface area contributed by atoms with Gasteiger partial charge in [-0.3, -0.25) is 5.32 Å². The first-order chi connectivity index (χ1) is 13.8. The fourth-order valence-corrected chi connectivity index (χ4v) is 2.36. The van der Waals surface area contributed by atoms with E-state index in [2.05, 4.69) is 15.6 Å². The Morgan fingerprint density at radius 2 is 1.66 bits per heavy atom. The Morgan fingerprint density at radius 1 is 0.966 bits per heavy atom. The van der Waals surface area contributed by atoms with E-state index in [4.69, 9.17) is 4.74 Å². The smallest absolute Gasteiger partial charge is 0.416 e. The molecule has 0 radical (unpaired) electrons. The quantitative estimate of drug-likeness (QED) is 0.554. The van der Waals surface area contributed by atoms with Gasteiger partial charge in [0.15, 0.2) is 11.6 Å². The Balaban J connectivity index is 1.62. The Hall–Kier alpha value is -3.62. The Morgan fingerprint density at radius 3 is 2.31 bits per heavy atom. The second kappa shape index (κ2) is 8.59. The molecule has 0 aliphatic heterocycles. The summed E-state index contributed by atoms with van der Waals surface area (Å²) in [7, 11) is 0. The highest BCUT2D eigenvalue weighted by molar-refractivity contribution is 5.99. The van der Waals surface area contributed by atoms with E-state index in [0.29, 0.717) is 0 Å². The van der Waals surface area contributed by atoms with Crippen molar-refractivity contribution in [3.8, 4) is 5.75 Å². The van der Waals surface area contributed by atoms with E-state index in [9.17, 15) is 22.4 Å². The average molecular weight is 405 g/mol. The standard InChI is InChI=1S/C20H15F4N3O2/c21-15-7-3-13(4-8-15)12-29-17-2-1-11-25-18(17)27-19(28)26-16-9-5-14(6-10-16)20(22,23)24/h1-11H,12H2,(H2,25,26,27,28). The van der Waals surface area contributed by atoms with Gasteiger partial charge in [0.25, 0.3) is 0 Å². The molecule has 0 spiro atoms. The Labute approximate surface area is 163 Å². The maximum absolute atomic E-state index is 13.0. The molecule has 0 saturated heterocycles. The van der Waals surface area contributed by atoms with Crippen molar-refractivity contribution in [2.24, 2.45) is 0 Å². The van der Waals surface area contributed by atoms with E-state index in [1.165, 1.54) is 18.3 Å². The third kappa shape index (κ3) is 5.68. The van der Waals surface area contributed by atoms with Crippen LogP contribution in [0.15, 0.2) is 66.9 Å². The van der Waals surface area contributed by atoms with Gasteiger partial charge in [0, 0.05) is 11.9 Å². The Bertz CT molecular complexity index is 974. The van der Waals surface area contributed by atoms with Crippen LogP contribution in [0.4, 0.5) is 33.9 Å². The molecule has 9 heteroatoms. The summed E-state index contributed by atoms with van der Waals surface area (Å²) in [5.74, 6) is 0.0378. The van der Waals surface area contributed by atoms with Crippen LogP contribution >= 0.6 is 0 Å². The molecular formula is C20H15F4N3O2. The minimum atomic E-state index is -4.45. The summed E-state index contributed by atoms with van der Waals surface area (Å²) in [6, 6.07) is 12.3. The average Bonchev–Trinajstić information content (AvgIpc) is 2.68. The molecule has 0 unspecified atom stereocenters. The molecule has 0 fully saturated rings. The van der Waals surface area contributed by atoms with E-state index in [-0.39, 0.29) is 29.7 Å². The number of aromatic nitrogens is 1. The molecule has 0 saturated carbocycles. The molecule has 0 aliphatic carbocycles. The topological polar surface area (TPSA) is 63.2 Å². The van der Waals surface area contributed by atoms with Crippen LogP contribution in [0.1, 0.15) is 11.1 Å². The maximum atomic E-state index is 13.0. The number of amides is 2. The number of pyridine rings is 1. The number of carbonyl (C=O) groups excluding carboxylic acids is 1. The molecular weight excluding hydrogens is 390 g/mol. The molecule has 0 aliphatic rings. The third-order valence-electron chi connectivity index (χ3n) is 3.78. The molecule has 2 amide bonds. The maximum Gasteiger partial charge on any atom is 0.416 e. The zero-order chi connectivity index (χ0) is 20.9. The van der Waals surface area contributed by atoms with Gasteiger partial charge >= 0.3 is 12.2 Å². The molecule has 29 heavy (non-hydrogen) atoms. The monoisotopic (exact) mass is 405 g/mol. The van der Waals surface area contributed by atoms with Crippen molar-refractivity contribution >= 4 is 17.5 Å². The lowest BCUT2D eigenvalue weighted by Crippen LogP contribution is -2.20. The fraction of sp³-hybridized carbons (Fsp3) is 0.100. The van der Waals surface area contributed by atoms with Gasteiger partial charge in [-0.25, -0.2) is 14.2 Å². The SMILES string of the molecule is O=C(Nc1ccc(C(F)(F)F)cc1)Nc1ncccc1OCc1ccc(F)cc1. The minimum Gasteiger partial charge on any atom is -0.485 e. The lowest BCUT2D eigenvalue weighted by atomic mass is 10.2. The van der Waals surface area contributed by atoms with E-state index < -0.39 is 17.8 Å². The van der Waals surface area contributed by atoms with Crippen molar-refractivity contribution in [1.82, 2.24) is 4.98 Å². The molecule has 5 nitrogen and oxygen atoms in total. The molecule has 3 aromatic rings. The predicted octanol–water partition coefficient (Wildman–Crippen LogP) is 5.46. The molecule has 0 atom stereocenters. The number of alkyl halides is 3. The summed E-state index contributed by atoms with van der Waals surface area (Å²) < 4.78 is 56.3. The number of halogens is 4. The highest BCUT2D eigenvalue weighted by atomic mass is 19.4. The van der Waals surface area contributed by atoms with Crippen LogP contribution in [0.2, 0.25) is 0 Å². The van der Waals surface area contributed by atoms with Crippen molar-refractivity contribution in [2.45, 2.75) is 12.8 Å². The Kier molecular flexibility index (Phi) is 5.96. The largest absolute Gasteiger partial charge is 0.485 e. The van der Waals surface area contributed by atoms with E-state index >= 15 is 0 Å². The first-order valence-corrected chi connectivity index (χ1v) is 8.39. The second-order valence-electron chi connectivity index (χ2n) is 5.92. The van der Waals surface area contributed by atoms with Crippen LogP contribution in [0.5, 0.6) is 5.75 Å². The van der Waals surface area contributed by atoms with Gasteiger partial charge in [0.1, 0.15) is 12.4 Å². The number of nitrogens with one attached hydrogen (secondary N) is 2. The molecule has 1 heterocycles. The van der Waals surface area contributed by atoms with Gasteiger partial charge in [0.05, 0.1) is 5.56 Å². The number of urea groups is 1. The number of nitrogens with zero attached hydrogens (tertiary/aromatic N) is 1. The molecule has 2 N–H and O–H groups in total. The molecule has 1 aromatic heterocycles. The predicted molar refractivity (Wildman–Crippen MR) is 99.1 cm³/mol. The zero-order valence-electron chi connectivity index (χ0n) is 14.8. The number of hydrogen-bond acceptors (Lipinski definition) is 3. The van der Waals surface area contributed by atoms with Gasteiger partial charge < -0.3 is 10.1 Å². The molecule has 150 valence electrons. The summed E-state index contributed by atoms with van der Waals surface area (Å²) in [5.41, 5.74) is 0.0836. The third-order valence-corrected chi connectivity index (χ3v) is 3.78. The van der Waals surface area contributed by atoms with Crippen LogP contribution in [0.25, 0.3) is 0 Å². The van der Waals surface area contributed by atoms with Crippen LogP contribution in [0, 0.1) is 5.82 Å². The van der Waals surface area contributed by atoms with Gasteiger partial charge in [-0.15, -0.1) is 0 Å². The first kappa shape index (κ1) is 20.1. The number of anilines is 2. The highest BCUT2D eigenvalue weighted by Gasteiger charge is 2.30. The van der Waals surface area contributed by atoms with Crippen molar-refractivity contribution in [3.05, 3.63) is 83.8 Å². The summed E-state index contributed by atoms with van der Waals surface area (Å²) in [4.78, 5) is 16.2. The second-order valence-corrected chi connectivity index (χ2v) is 5.92. The highest BCUT2D eigenvalue weighted by Crippen LogP contribution is 2.30. The van der Waals surface area contributed by atoms with Crippen LogP contribution in [-0.4, -0.2) is 11.0 Å². The number of rotatable bonds is 5. The first-order valence-electron chi connectivity index (χ1n) is 8.39. The summed E-state index contributed by atoms with van der Waals surface area (Å²) in [5, 5.41) is 4.90. The summed E-state index contributed by atoms with van der Waals surface area (Å²) in [6.07, 6.45) is -3.01. The van der Waals surface area contributed by atoms with Crippen molar-refractivity contribution in [2.75, 3.05) is 10.6 Å². The number of benzene rings is 2. The van der Waals surface area contributed by atoms with Crippen molar-refractivity contribution in [1.29, 1.82) is 0 Å². The van der Waals surface area contributed by atoms with Crippen LogP contribution in [0.3, 0.4) is 0 Å². The van der Waals surface area contributed by atoms with Crippen LogP contribution in [-0.2, 0) is 12.8 Å². The molecule has 0 bridgehead atoms.